The van der Waals surface area contributed by atoms with Crippen molar-refractivity contribution in [2.45, 2.75) is 259 Å². The third kappa shape index (κ3) is 36.1. The fourth-order valence-corrected chi connectivity index (χ4v) is 9.38. The Morgan fingerprint density at radius 1 is 0.435 bits per heavy atom. The average molecular weight is 876 g/mol. The summed E-state index contributed by atoms with van der Waals surface area (Å²) in [6.45, 7) is 22.8. The van der Waals surface area contributed by atoms with Gasteiger partial charge in [-0.05, 0) is 83.6 Å². The highest BCUT2D eigenvalue weighted by atomic mass is 16.5. The third-order valence-electron chi connectivity index (χ3n) is 13.8. The highest BCUT2D eigenvalue weighted by molar-refractivity contribution is 5.78. The normalized spacial score (nSPS) is 14.3. The number of hydrogen-bond acceptors (Lipinski definition) is 6. The monoisotopic (exact) mass is 875 g/mol. The van der Waals surface area contributed by atoms with Gasteiger partial charge in [0.15, 0.2) is 0 Å². The van der Waals surface area contributed by atoms with Crippen molar-refractivity contribution in [3.8, 4) is 0 Å². The van der Waals surface area contributed by atoms with Gasteiger partial charge < -0.3 is 19.4 Å². The number of esters is 1. The van der Waals surface area contributed by atoms with Crippen molar-refractivity contribution in [3.05, 3.63) is 0 Å². The van der Waals surface area contributed by atoms with Crippen molar-refractivity contribution in [3.63, 3.8) is 0 Å². The zero-order valence-corrected chi connectivity index (χ0v) is 42.8. The number of ether oxygens (including phenoxy) is 1. The number of unbranched alkanes of at least 4 members (excludes halogenated alkanes) is 27. The lowest BCUT2D eigenvalue weighted by molar-refractivity contribution is -0.144. The Bertz CT molecular complexity index is 947. The van der Waals surface area contributed by atoms with Gasteiger partial charge in [-0.15, -0.1) is 0 Å². The van der Waals surface area contributed by atoms with Crippen LogP contribution in [0.15, 0.2) is 0 Å². The number of amides is 1. The lowest BCUT2D eigenvalue weighted by Gasteiger charge is -2.29. The molecule has 1 heterocycles. The fourth-order valence-electron chi connectivity index (χ4n) is 9.38. The minimum absolute atomic E-state index is 0.0422. The number of carbonyl (C=O) groups is 2. The molecule has 0 aromatic rings. The van der Waals surface area contributed by atoms with Crippen molar-refractivity contribution in [2.24, 2.45) is 5.92 Å². The summed E-state index contributed by atoms with van der Waals surface area (Å²) < 4.78 is 5.57. The molecule has 7 heteroatoms. The first-order chi connectivity index (χ1) is 30.5. The molecule has 1 atom stereocenters. The van der Waals surface area contributed by atoms with E-state index in [1.54, 1.807) is 0 Å². The Balaban J connectivity index is 2.78. The first-order valence-electron chi connectivity index (χ1n) is 28.1. The first kappa shape index (κ1) is 58.8. The topological polar surface area (TPSA) is 56.3 Å². The molecule has 0 saturated carbocycles. The molecule has 7 nitrogen and oxygen atoms in total. The molecule has 1 saturated heterocycles. The van der Waals surface area contributed by atoms with Crippen molar-refractivity contribution in [1.82, 2.24) is 19.6 Å². The van der Waals surface area contributed by atoms with Crippen LogP contribution in [0.2, 0.25) is 0 Å². The van der Waals surface area contributed by atoms with Gasteiger partial charge in [-0.2, -0.15) is 0 Å². The lowest BCUT2D eigenvalue weighted by Crippen LogP contribution is -2.43. The maximum Gasteiger partial charge on any atom is 0.307 e. The number of rotatable bonds is 48. The van der Waals surface area contributed by atoms with Gasteiger partial charge in [-0.3, -0.25) is 14.5 Å². The van der Waals surface area contributed by atoms with Gasteiger partial charge in [0.05, 0.1) is 19.6 Å². The SMILES string of the molecule is CCCCCCCCCCN(CCC(=O)OCCCCC)CCC1CCN(C(=O)CN(CCCCCCCCC)CCN(CCCCCCCCC)CCCCCCCCC)C1. The second-order valence-corrected chi connectivity index (χ2v) is 19.8. The molecule has 0 radical (unpaired) electrons. The van der Waals surface area contributed by atoms with E-state index in [2.05, 4.69) is 54.2 Å². The average Bonchev–Trinajstić information content (AvgIpc) is 3.76. The van der Waals surface area contributed by atoms with Gasteiger partial charge in [0.1, 0.15) is 0 Å². The molecule has 0 aromatic heterocycles. The van der Waals surface area contributed by atoms with E-state index in [0.717, 1.165) is 84.5 Å². The van der Waals surface area contributed by atoms with Crippen molar-refractivity contribution < 1.29 is 14.3 Å². The van der Waals surface area contributed by atoms with Crippen LogP contribution >= 0.6 is 0 Å². The number of hydrogen-bond donors (Lipinski definition) is 0. The van der Waals surface area contributed by atoms with Gasteiger partial charge >= 0.3 is 5.97 Å². The van der Waals surface area contributed by atoms with Crippen LogP contribution in [0.4, 0.5) is 0 Å². The summed E-state index contributed by atoms with van der Waals surface area (Å²) in [5.74, 6) is 0.860. The van der Waals surface area contributed by atoms with Crippen molar-refractivity contribution >= 4 is 11.9 Å². The number of nitrogens with zero attached hydrogens (tertiary/aromatic N) is 4. The summed E-state index contributed by atoms with van der Waals surface area (Å²) in [4.78, 5) is 36.7. The standard InChI is InChI=1S/C55H110N4O3/c1-6-11-16-20-24-28-31-35-43-57(46-40-55(61)62-50-37-15-10-5)45-38-53-39-47-59(51-53)54(60)52-58(44-36-32-27-23-19-14-9-4)49-48-56(41-33-29-25-21-17-12-7-2)42-34-30-26-22-18-13-8-3/h53H,6-52H2,1-5H3. The van der Waals surface area contributed by atoms with Crippen LogP contribution in [0.5, 0.6) is 0 Å². The smallest absolute Gasteiger partial charge is 0.307 e. The quantitative estimate of drug-likeness (QED) is 0.0448. The van der Waals surface area contributed by atoms with E-state index in [1.165, 1.54) is 199 Å². The van der Waals surface area contributed by atoms with Crippen molar-refractivity contribution in [1.29, 1.82) is 0 Å². The van der Waals surface area contributed by atoms with E-state index in [-0.39, 0.29) is 5.97 Å². The first-order valence-corrected chi connectivity index (χ1v) is 28.1. The highest BCUT2D eigenvalue weighted by Gasteiger charge is 2.28. The van der Waals surface area contributed by atoms with Gasteiger partial charge in [-0.25, -0.2) is 0 Å². The van der Waals surface area contributed by atoms with E-state index >= 15 is 0 Å². The summed E-state index contributed by atoms with van der Waals surface area (Å²) in [7, 11) is 0. The number of carbonyl (C=O) groups excluding carboxylic acids is 2. The Labute approximate surface area is 388 Å². The molecule has 1 amide bonds. The predicted molar refractivity (Wildman–Crippen MR) is 270 cm³/mol. The maximum atomic E-state index is 14.0. The molecule has 0 spiro atoms. The lowest BCUT2D eigenvalue weighted by atomic mass is 10.0. The molecule has 1 rings (SSSR count). The molecule has 0 aromatic carbocycles. The maximum absolute atomic E-state index is 14.0. The molecule has 368 valence electrons. The van der Waals surface area contributed by atoms with Crippen molar-refractivity contribution in [2.75, 3.05) is 78.6 Å². The van der Waals surface area contributed by atoms with Crippen LogP contribution in [0.3, 0.4) is 0 Å². The summed E-state index contributed by atoms with van der Waals surface area (Å²) >= 11 is 0. The summed E-state index contributed by atoms with van der Waals surface area (Å²) in [5, 5.41) is 0. The molecule has 1 fully saturated rings. The molecule has 0 N–H and O–H groups in total. The fraction of sp³-hybridized carbons (Fsp3) is 0.964. The van der Waals surface area contributed by atoms with E-state index < -0.39 is 0 Å². The molecule has 1 aliphatic heterocycles. The van der Waals surface area contributed by atoms with Gasteiger partial charge in [0, 0.05) is 32.7 Å². The van der Waals surface area contributed by atoms with Gasteiger partial charge in [-0.1, -0.05) is 208 Å². The second-order valence-electron chi connectivity index (χ2n) is 19.8. The molecule has 1 aliphatic rings. The van der Waals surface area contributed by atoms with Crippen LogP contribution in [-0.2, 0) is 14.3 Å². The zero-order chi connectivity index (χ0) is 45.0. The Hall–Kier alpha value is -1.18. The van der Waals surface area contributed by atoms with Crippen LogP contribution in [0, 0.1) is 5.92 Å². The molecular weight excluding hydrogens is 765 g/mol. The van der Waals surface area contributed by atoms with Crippen LogP contribution in [0.25, 0.3) is 0 Å². The summed E-state index contributed by atoms with van der Waals surface area (Å²) in [6.07, 6.45) is 44.8. The number of likely N-dealkylation sites (tertiary alicyclic amines) is 1. The molecule has 62 heavy (non-hydrogen) atoms. The Kier molecular flexibility index (Phi) is 42.7. The minimum Gasteiger partial charge on any atom is -0.466 e. The second kappa shape index (κ2) is 45.0. The van der Waals surface area contributed by atoms with Crippen LogP contribution in [-0.4, -0.2) is 110 Å². The van der Waals surface area contributed by atoms with Gasteiger partial charge in [0.25, 0.3) is 0 Å². The van der Waals surface area contributed by atoms with E-state index in [9.17, 15) is 9.59 Å². The van der Waals surface area contributed by atoms with Gasteiger partial charge in [0.2, 0.25) is 5.91 Å². The zero-order valence-electron chi connectivity index (χ0n) is 42.8. The summed E-state index contributed by atoms with van der Waals surface area (Å²) in [6, 6.07) is 0. The minimum atomic E-state index is -0.0422. The predicted octanol–water partition coefficient (Wildman–Crippen LogP) is 14.6. The largest absolute Gasteiger partial charge is 0.466 e. The van der Waals surface area contributed by atoms with E-state index in [0.29, 0.717) is 31.4 Å². The highest BCUT2D eigenvalue weighted by Crippen LogP contribution is 2.21. The van der Waals surface area contributed by atoms with E-state index in [1.807, 2.05) is 0 Å². The van der Waals surface area contributed by atoms with E-state index in [4.69, 9.17) is 4.74 Å². The van der Waals surface area contributed by atoms with Crippen LogP contribution < -0.4 is 0 Å². The van der Waals surface area contributed by atoms with Crippen LogP contribution in [0.1, 0.15) is 259 Å². The molecule has 0 aliphatic carbocycles. The Morgan fingerprint density at radius 2 is 0.806 bits per heavy atom. The molecule has 1 unspecified atom stereocenters. The molecule has 0 bridgehead atoms. The summed E-state index contributed by atoms with van der Waals surface area (Å²) in [5.41, 5.74) is 0. The third-order valence-corrected chi connectivity index (χ3v) is 13.8. The Morgan fingerprint density at radius 3 is 1.26 bits per heavy atom. The molecular formula is C55H110N4O3.